The molecule has 1 aromatic carbocycles. The number of methoxy groups -OCH3 is 1. The first-order valence-corrected chi connectivity index (χ1v) is 5.58. The van der Waals surface area contributed by atoms with Crippen LogP contribution in [0.2, 0.25) is 0 Å². The summed E-state index contributed by atoms with van der Waals surface area (Å²) in [6.45, 7) is 0.709. The van der Waals surface area contributed by atoms with Gasteiger partial charge in [-0.1, -0.05) is 30.3 Å². The molecule has 146 valence electrons. The normalized spacial score (nSPS) is 10.6. The topological polar surface area (TPSA) is 9.23 Å². The zero-order valence-electron chi connectivity index (χ0n) is 11.8. The molecule has 0 aromatic heterocycles. The molecule has 0 spiro atoms. The third-order valence-electron chi connectivity index (χ3n) is 1.15. The van der Waals surface area contributed by atoms with E-state index in [1.807, 2.05) is 30.3 Å². The quantitative estimate of drug-likeness (QED) is 0.477. The molecule has 0 N–H and O–H groups in total. The molecular formula is C8H11B3F12KO-3. The summed E-state index contributed by atoms with van der Waals surface area (Å²) in [6, 6.07) is 10.1. The fraction of sp³-hybridized carbons (Fsp3) is 0.250. The van der Waals surface area contributed by atoms with E-state index < -0.39 is 21.8 Å². The number of ether oxygens (including phenoxy) is 1. The number of halogens is 12. The summed E-state index contributed by atoms with van der Waals surface area (Å²) in [4.78, 5) is 0. The Bertz CT molecular complexity index is 350. The van der Waals surface area contributed by atoms with Crippen molar-refractivity contribution >= 4 is 73.1 Å². The van der Waals surface area contributed by atoms with E-state index in [0.717, 1.165) is 0 Å². The van der Waals surface area contributed by atoms with E-state index in [1.165, 1.54) is 5.56 Å². The van der Waals surface area contributed by atoms with Crippen LogP contribution < -0.4 is 0 Å². The van der Waals surface area contributed by atoms with Crippen LogP contribution in [0, 0.1) is 0 Å². The Morgan fingerprint density at radius 3 is 1.08 bits per heavy atom. The molecule has 0 unspecified atom stereocenters. The molecular weight excluding hydrogens is 412 g/mol. The predicted octanol–water partition coefficient (Wildman–Crippen LogP) is 5.08. The Morgan fingerprint density at radius 2 is 0.880 bits per heavy atom. The van der Waals surface area contributed by atoms with Gasteiger partial charge >= 0.3 is 73.1 Å². The van der Waals surface area contributed by atoms with Gasteiger partial charge in [0.1, 0.15) is 0 Å². The van der Waals surface area contributed by atoms with Crippen LogP contribution in [0.5, 0.6) is 0 Å². The molecule has 0 heterocycles. The van der Waals surface area contributed by atoms with E-state index >= 15 is 0 Å². The summed E-state index contributed by atoms with van der Waals surface area (Å²) in [6.07, 6.45) is 0. The Kier molecular flexibility index (Phi) is 21.5. The first-order valence-electron chi connectivity index (χ1n) is 5.58. The van der Waals surface area contributed by atoms with Crippen molar-refractivity contribution in [1.29, 1.82) is 0 Å². The molecule has 1 rings (SSSR count). The molecule has 25 heavy (non-hydrogen) atoms. The van der Waals surface area contributed by atoms with Crippen LogP contribution in [-0.4, -0.2) is 80.3 Å². The average Bonchev–Trinajstić information content (AvgIpc) is 2.23. The summed E-state index contributed by atoms with van der Waals surface area (Å²) in [5.41, 5.74) is 1.22. The van der Waals surface area contributed by atoms with Gasteiger partial charge in [-0.15, -0.1) is 0 Å². The summed E-state index contributed by atoms with van der Waals surface area (Å²) in [5.74, 6) is 0. The summed E-state index contributed by atoms with van der Waals surface area (Å²) in [7, 11) is -16.3. The second-order valence-corrected chi connectivity index (χ2v) is 3.40. The molecule has 0 fully saturated rings. The Labute approximate surface area is 178 Å². The van der Waals surface area contributed by atoms with Gasteiger partial charge in [-0.3, -0.25) is 0 Å². The van der Waals surface area contributed by atoms with Gasteiger partial charge in [-0.2, -0.15) is 0 Å². The van der Waals surface area contributed by atoms with Crippen LogP contribution in [0.3, 0.4) is 0 Å². The van der Waals surface area contributed by atoms with E-state index in [9.17, 15) is 51.8 Å². The average molecular weight is 423 g/mol. The van der Waals surface area contributed by atoms with Gasteiger partial charge in [0.25, 0.3) is 0 Å². The Morgan fingerprint density at radius 1 is 0.640 bits per heavy atom. The maximum absolute atomic E-state index is 9.75. The van der Waals surface area contributed by atoms with E-state index in [1.54, 1.807) is 7.11 Å². The zero-order chi connectivity index (χ0) is 20.0. The number of hydrogen-bond donors (Lipinski definition) is 0. The van der Waals surface area contributed by atoms with Gasteiger partial charge in [-0.05, 0) is 5.56 Å². The van der Waals surface area contributed by atoms with Gasteiger partial charge in [0, 0.05) is 7.11 Å². The molecule has 1 nitrogen and oxygen atoms in total. The van der Waals surface area contributed by atoms with Gasteiger partial charge in [0.2, 0.25) is 0 Å². The molecule has 1 aromatic rings. The SMILES string of the molecule is COCc1ccccc1.F[B-](F)(F)F.F[B-](F)(F)F.F[B-](F)(F)F.[KH]. The molecule has 0 bridgehead atoms. The molecule has 0 saturated heterocycles. The first-order chi connectivity index (χ1) is 10.4. The summed E-state index contributed by atoms with van der Waals surface area (Å²) >= 11 is 0. The van der Waals surface area contributed by atoms with Crippen LogP contribution in [0.1, 0.15) is 5.56 Å². The van der Waals surface area contributed by atoms with Crippen molar-refractivity contribution in [3.05, 3.63) is 35.9 Å². The third-order valence-corrected chi connectivity index (χ3v) is 1.15. The van der Waals surface area contributed by atoms with Crippen LogP contribution in [0.15, 0.2) is 30.3 Å². The van der Waals surface area contributed by atoms with Crippen molar-refractivity contribution in [3.63, 3.8) is 0 Å². The van der Waals surface area contributed by atoms with E-state index in [4.69, 9.17) is 4.74 Å². The van der Waals surface area contributed by atoms with Crippen LogP contribution in [0.25, 0.3) is 0 Å². The number of benzene rings is 1. The second-order valence-electron chi connectivity index (χ2n) is 3.40. The van der Waals surface area contributed by atoms with Crippen LogP contribution in [0.4, 0.5) is 51.8 Å². The molecule has 0 aliphatic carbocycles. The Balaban J connectivity index is -0.000000122. The van der Waals surface area contributed by atoms with Gasteiger partial charge in [-0.25, -0.2) is 0 Å². The summed E-state index contributed by atoms with van der Waals surface area (Å²) < 4.78 is 122. The number of rotatable bonds is 2. The molecule has 0 amide bonds. The molecule has 17 heteroatoms. The number of hydrogen-bond acceptors (Lipinski definition) is 1. The zero-order valence-corrected chi connectivity index (χ0v) is 11.8. The third kappa shape index (κ3) is 95.2. The monoisotopic (exact) mass is 423 g/mol. The molecule has 0 saturated carbocycles. The van der Waals surface area contributed by atoms with Crippen LogP contribution in [-0.2, 0) is 11.3 Å². The molecule has 0 aliphatic heterocycles. The van der Waals surface area contributed by atoms with E-state index in [-0.39, 0.29) is 51.4 Å². The van der Waals surface area contributed by atoms with Crippen LogP contribution >= 0.6 is 0 Å². The maximum atomic E-state index is 9.75. The Hall–Kier alpha value is 0.171. The second kappa shape index (κ2) is 16.4. The van der Waals surface area contributed by atoms with E-state index in [0.29, 0.717) is 6.61 Å². The van der Waals surface area contributed by atoms with Gasteiger partial charge < -0.3 is 56.5 Å². The molecule has 0 atom stereocenters. The molecule has 0 aliphatic rings. The predicted molar refractivity (Wildman–Crippen MR) is 74.9 cm³/mol. The van der Waals surface area contributed by atoms with Crippen molar-refractivity contribution in [2.24, 2.45) is 0 Å². The first kappa shape index (κ1) is 32.8. The van der Waals surface area contributed by atoms with Gasteiger partial charge in [0.15, 0.2) is 0 Å². The standard InChI is InChI=1S/C8H10O.3BF4.K.H/c1-9-7-8-5-3-2-4-6-8;3*2-1(3,4)5;;/h2-6H,7H2,1H3;;;;;/q;3*-1;;. The van der Waals surface area contributed by atoms with Crippen molar-refractivity contribution in [1.82, 2.24) is 0 Å². The van der Waals surface area contributed by atoms with Crippen molar-refractivity contribution < 1.29 is 56.5 Å². The van der Waals surface area contributed by atoms with E-state index in [2.05, 4.69) is 0 Å². The van der Waals surface area contributed by atoms with Crippen molar-refractivity contribution in [3.8, 4) is 0 Å². The van der Waals surface area contributed by atoms with Crippen molar-refractivity contribution in [2.75, 3.05) is 7.11 Å². The van der Waals surface area contributed by atoms with Gasteiger partial charge in [0.05, 0.1) is 6.61 Å². The minimum absolute atomic E-state index is 0. The fourth-order valence-electron chi connectivity index (χ4n) is 0.741. The summed E-state index contributed by atoms with van der Waals surface area (Å²) in [5, 5.41) is 0. The molecule has 0 radical (unpaired) electrons. The minimum atomic E-state index is -6.00. The van der Waals surface area contributed by atoms with Crippen molar-refractivity contribution in [2.45, 2.75) is 6.61 Å². The fourth-order valence-corrected chi connectivity index (χ4v) is 0.741.